The predicted octanol–water partition coefficient (Wildman–Crippen LogP) is 2.50. The number of morpholine rings is 1. The molecule has 134 valence electrons. The monoisotopic (exact) mass is 364 g/mol. The summed E-state index contributed by atoms with van der Waals surface area (Å²) in [5.74, 6) is 1.26. The van der Waals surface area contributed by atoms with Crippen LogP contribution in [0.5, 0.6) is 5.75 Å². The molecule has 0 saturated carbocycles. The lowest BCUT2D eigenvalue weighted by molar-refractivity contribution is -0.123. The first-order chi connectivity index (χ1) is 12.2. The summed E-state index contributed by atoms with van der Waals surface area (Å²) in [5, 5.41) is 3.55. The maximum Gasteiger partial charge on any atom is 0.258 e. The van der Waals surface area contributed by atoms with Crippen LogP contribution in [0.2, 0.25) is 5.02 Å². The SMILES string of the molecule is O=C(COc1ccc(Cl)cc1)NC[C@H](c1ccco1)N1CCOCC1. The summed E-state index contributed by atoms with van der Waals surface area (Å²) in [5.41, 5.74) is 0. The molecular formula is C18H21ClN2O4. The summed E-state index contributed by atoms with van der Waals surface area (Å²) in [6.45, 7) is 3.40. The second kappa shape index (κ2) is 8.89. The van der Waals surface area contributed by atoms with E-state index in [2.05, 4.69) is 10.2 Å². The largest absolute Gasteiger partial charge is 0.484 e. The minimum Gasteiger partial charge on any atom is -0.484 e. The van der Waals surface area contributed by atoms with Gasteiger partial charge >= 0.3 is 0 Å². The van der Waals surface area contributed by atoms with E-state index in [4.69, 9.17) is 25.5 Å². The van der Waals surface area contributed by atoms with Crippen LogP contribution in [0, 0.1) is 0 Å². The highest BCUT2D eigenvalue weighted by atomic mass is 35.5. The third-order valence-electron chi connectivity index (χ3n) is 4.03. The van der Waals surface area contributed by atoms with Gasteiger partial charge in [-0.15, -0.1) is 0 Å². The van der Waals surface area contributed by atoms with E-state index >= 15 is 0 Å². The van der Waals surface area contributed by atoms with E-state index in [1.807, 2.05) is 12.1 Å². The number of carbonyl (C=O) groups is 1. The van der Waals surface area contributed by atoms with Gasteiger partial charge in [-0.2, -0.15) is 0 Å². The number of nitrogens with one attached hydrogen (secondary N) is 1. The molecule has 2 aromatic rings. The van der Waals surface area contributed by atoms with Gasteiger partial charge in [0.25, 0.3) is 5.91 Å². The first-order valence-electron chi connectivity index (χ1n) is 8.22. The molecule has 1 N–H and O–H groups in total. The summed E-state index contributed by atoms with van der Waals surface area (Å²) < 4.78 is 16.4. The van der Waals surface area contributed by atoms with Crippen LogP contribution < -0.4 is 10.1 Å². The van der Waals surface area contributed by atoms with Crippen molar-refractivity contribution >= 4 is 17.5 Å². The first-order valence-corrected chi connectivity index (χ1v) is 8.60. The molecule has 1 aromatic carbocycles. The van der Waals surface area contributed by atoms with Crippen LogP contribution in [0.25, 0.3) is 0 Å². The summed E-state index contributed by atoms with van der Waals surface area (Å²) >= 11 is 5.82. The van der Waals surface area contributed by atoms with E-state index < -0.39 is 0 Å². The second-order valence-electron chi connectivity index (χ2n) is 5.73. The third-order valence-corrected chi connectivity index (χ3v) is 4.29. The Hall–Kier alpha value is -2.02. The molecule has 0 bridgehead atoms. The Morgan fingerprint density at radius 3 is 2.68 bits per heavy atom. The van der Waals surface area contributed by atoms with Gasteiger partial charge in [-0.3, -0.25) is 9.69 Å². The van der Waals surface area contributed by atoms with Crippen LogP contribution in [-0.2, 0) is 9.53 Å². The van der Waals surface area contributed by atoms with E-state index in [9.17, 15) is 4.79 Å². The summed E-state index contributed by atoms with van der Waals surface area (Å²) in [4.78, 5) is 14.4. The van der Waals surface area contributed by atoms with Gasteiger partial charge in [-0.25, -0.2) is 0 Å². The number of halogens is 1. The van der Waals surface area contributed by atoms with E-state index in [1.54, 1.807) is 30.5 Å². The standard InChI is InChI=1S/C18H21ClN2O4/c19-14-3-5-15(6-4-14)25-13-18(22)20-12-16(17-2-1-9-24-17)21-7-10-23-11-8-21/h1-6,9,16H,7-8,10-13H2,(H,20,22)/t16-/m1/s1. The van der Waals surface area contributed by atoms with E-state index in [-0.39, 0.29) is 18.6 Å². The van der Waals surface area contributed by atoms with Gasteiger partial charge < -0.3 is 19.2 Å². The molecule has 1 atom stereocenters. The molecule has 3 rings (SSSR count). The van der Waals surface area contributed by atoms with Crippen LogP contribution in [0.3, 0.4) is 0 Å². The molecular weight excluding hydrogens is 344 g/mol. The number of furan rings is 1. The van der Waals surface area contributed by atoms with Gasteiger partial charge in [0, 0.05) is 24.7 Å². The average molecular weight is 365 g/mol. The predicted molar refractivity (Wildman–Crippen MR) is 93.8 cm³/mol. The van der Waals surface area contributed by atoms with Gasteiger partial charge in [0.1, 0.15) is 11.5 Å². The van der Waals surface area contributed by atoms with Gasteiger partial charge in [0.15, 0.2) is 6.61 Å². The van der Waals surface area contributed by atoms with Gasteiger partial charge in [-0.1, -0.05) is 11.6 Å². The molecule has 7 heteroatoms. The fraction of sp³-hybridized carbons (Fsp3) is 0.389. The molecule has 1 saturated heterocycles. The fourth-order valence-electron chi connectivity index (χ4n) is 2.72. The maximum atomic E-state index is 12.1. The van der Waals surface area contributed by atoms with Crippen LogP contribution in [0.4, 0.5) is 0 Å². The molecule has 0 spiro atoms. The number of amides is 1. The lowest BCUT2D eigenvalue weighted by atomic mass is 10.1. The lowest BCUT2D eigenvalue weighted by Gasteiger charge is -2.33. The number of rotatable bonds is 7. The minimum absolute atomic E-state index is 0.0154. The zero-order chi connectivity index (χ0) is 17.5. The number of hydrogen-bond donors (Lipinski definition) is 1. The molecule has 1 fully saturated rings. The van der Waals surface area contributed by atoms with Crippen LogP contribution in [-0.4, -0.2) is 50.3 Å². The van der Waals surface area contributed by atoms with Crippen molar-refractivity contribution in [2.75, 3.05) is 39.5 Å². The normalized spacial score (nSPS) is 16.4. The van der Waals surface area contributed by atoms with Crippen molar-refractivity contribution in [1.82, 2.24) is 10.2 Å². The molecule has 2 heterocycles. The van der Waals surface area contributed by atoms with Crippen LogP contribution in [0.1, 0.15) is 11.8 Å². The smallest absolute Gasteiger partial charge is 0.258 e. The first kappa shape index (κ1) is 17.8. The van der Waals surface area contributed by atoms with Crippen molar-refractivity contribution in [2.24, 2.45) is 0 Å². The molecule has 6 nitrogen and oxygen atoms in total. The molecule has 0 aliphatic carbocycles. The zero-order valence-corrected chi connectivity index (χ0v) is 14.6. The van der Waals surface area contributed by atoms with Crippen LogP contribution >= 0.6 is 11.6 Å². The number of nitrogens with zero attached hydrogens (tertiary/aromatic N) is 1. The highest BCUT2D eigenvalue weighted by molar-refractivity contribution is 6.30. The van der Waals surface area contributed by atoms with Crippen molar-refractivity contribution in [1.29, 1.82) is 0 Å². The molecule has 0 unspecified atom stereocenters. The number of benzene rings is 1. The quantitative estimate of drug-likeness (QED) is 0.817. The van der Waals surface area contributed by atoms with E-state index in [1.165, 1.54) is 0 Å². The molecule has 1 amide bonds. The number of ether oxygens (including phenoxy) is 2. The Morgan fingerprint density at radius 2 is 2.00 bits per heavy atom. The average Bonchev–Trinajstić information content (AvgIpc) is 3.17. The Morgan fingerprint density at radius 1 is 1.24 bits per heavy atom. The number of hydrogen-bond acceptors (Lipinski definition) is 5. The fourth-order valence-corrected chi connectivity index (χ4v) is 2.85. The molecule has 25 heavy (non-hydrogen) atoms. The van der Waals surface area contributed by atoms with Crippen molar-refractivity contribution in [2.45, 2.75) is 6.04 Å². The maximum absolute atomic E-state index is 12.1. The lowest BCUT2D eigenvalue weighted by Crippen LogP contribution is -2.44. The molecule has 1 aliphatic heterocycles. The highest BCUT2D eigenvalue weighted by Gasteiger charge is 2.25. The Balaban J connectivity index is 1.51. The van der Waals surface area contributed by atoms with Crippen molar-refractivity contribution in [3.63, 3.8) is 0 Å². The van der Waals surface area contributed by atoms with Gasteiger partial charge in [0.05, 0.1) is 25.5 Å². The third kappa shape index (κ3) is 5.22. The summed E-state index contributed by atoms with van der Waals surface area (Å²) in [6, 6.07) is 10.7. The molecule has 0 radical (unpaired) electrons. The minimum atomic E-state index is -0.181. The Kier molecular flexibility index (Phi) is 6.33. The van der Waals surface area contributed by atoms with Crippen molar-refractivity contribution in [3.05, 3.63) is 53.4 Å². The zero-order valence-electron chi connectivity index (χ0n) is 13.8. The van der Waals surface area contributed by atoms with Crippen LogP contribution in [0.15, 0.2) is 47.1 Å². The molecule has 1 aromatic heterocycles. The Bertz CT molecular complexity index is 654. The van der Waals surface area contributed by atoms with Gasteiger partial charge in [0.2, 0.25) is 0 Å². The van der Waals surface area contributed by atoms with Crippen molar-refractivity contribution < 1.29 is 18.7 Å². The van der Waals surface area contributed by atoms with Crippen molar-refractivity contribution in [3.8, 4) is 5.75 Å². The van der Waals surface area contributed by atoms with E-state index in [0.29, 0.717) is 30.5 Å². The van der Waals surface area contributed by atoms with Gasteiger partial charge in [-0.05, 0) is 36.4 Å². The number of carbonyl (C=O) groups excluding carboxylic acids is 1. The second-order valence-corrected chi connectivity index (χ2v) is 6.16. The highest BCUT2D eigenvalue weighted by Crippen LogP contribution is 2.21. The van der Waals surface area contributed by atoms with E-state index in [0.717, 1.165) is 18.8 Å². The topological polar surface area (TPSA) is 63.9 Å². The summed E-state index contributed by atoms with van der Waals surface area (Å²) in [7, 11) is 0. The Labute approximate surface area is 151 Å². The summed E-state index contributed by atoms with van der Waals surface area (Å²) in [6.07, 6.45) is 1.65. The molecule has 1 aliphatic rings.